The minimum atomic E-state index is -4.53. The molecule has 0 saturated heterocycles. The van der Waals surface area contributed by atoms with Crippen molar-refractivity contribution in [3.8, 4) is 0 Å². The Balaban J connectivity index is 0.000000220. The lowest BCUT2D eigenvalue weighted by Gasteiger charge is -2.15. The Morgan fingerprint density at radius 3 is 1.24 bits per heavy atom. The fourth-order valence-corrected chi connectivity index (χ4v) is 10.7. The maximum absolute atomic E-state index is 13.4. The zero-order chi connectivity index (χ0) is 50.4. The quantitative estimate of drug-likeness (QED) is 0.0339. The van der Waals surface area contributed by atoms with E-state index in [1.54, 1.807) is 13.1 Å². The van der Waals surface area contributed by atoms with Gasteiger partial charge in [0.15, 0.2) is 0 Å². The van der Waals surface area contributed by atoms with Gasteiger partial charge in [-0.2, -0.15) is 26.3 Å². The van der Waals surface area contributed by atoms with E-state index in [1.807, 2.05) is 10.8 Å². The van der Waals surface area contributed by atoms with Crippen molar-refractivity contribution < 1.29 is 40.6 Å². The van der Waals surface area contributed by atoms with E-state index < -0.39 is 47.7 Å². The molecule has 6 aromatic heterocycles. The Bertz CT molecular complexity index is 2630. The smallest absolute Gasteiger partial charge is 0.387 e. The molecule has 0 aliphatic carbocycles. The predicted molar refractivity (Wildman–Crippen MR) is 279 cm³/mol. The highest BCUT2D eigenvalue weighted by atomic mass is 127. The van der Waals surface area contributed by atoms with Crippen LogP contribution in [0.1, 0.15) is 11.1 Å². The lowest BCUT2D eigenvalue weighted by molar-refractivity contribution is -0.137. The first-order valence-electron chi connectivity index (χ1n) is 20.9. The average Bonchev–Trinajstić information content (AvgIpc) is 3.84. The summed E-state index contributed by atoms with van der Waals surface area (Å²) in [6, 6.07) is 7.27. The standard InChI is InChI=1S/C15H21ClF3N3OSi.C14H17Cl2F3N2OSi.C13H17Cl2IN2OSi/c1-20-11-7-12(16)21-14-13(11)10(15(17,18)19)8-22(14)9-23-5-6-24(2,3)4;1-23(2,3)5-4-22-8-21-7-9(14(17,18)19)12-10(15)6-11(16)20-13(12)21;1-20(2,3)5-4-19-8-18-7-10(16)12-9(14)6-11(15)17-13(12)18/h7-8H,5-6,9H2,1-4H3,(H,20,21);6-7H,4-5,8H2,1-3H3;6-7H,4-5,8H2,1-3H3. The van der Waals surface area contributed by atoms with Crippen LogP contribution in [0.15, 0.2) is 36.8 Å². The van der Waals surface area contributed by atoms with Gasteiger partial charge >= 0.3 is 12.4 Å². The fraction of sp³-hybridized carbons (Fsp3) is 0.500. The number of aromatic nitrogens is 6. The molecule has 0 saturated carbocycles. The number of ether oxygens (including phenoxy) is 3. The lowest BCUT2D eigenvalue weighted by Crippen LogP contribution is -2.22. The number of nitrogens with zero attached hydrogens (tertiary/aromatic N) is 6. The van der Waals surface area contributed by atoms with E-state index in [0.29, 0.717) is 30.1 Å². The largest absolute Gasteiger partial charge is 0.418 e. The normalized spacial score (nSPS) is 12.7. The van der Waals surface area contributed by atoms with Gasteiger partial charge in [-0.1, -0.05) is 117 Å². The summed E-state index contributed by atoms with van der Waals surface area (Å²) in [6.07, 6.45) is -5.02. The molecular formula is C42H55Cl5F6IN7O3Si3. The van der Waals surface area contributed by atoms with Crippen molar-refractivity contribution >= 4 is 144 Å². The third-order valence-electron chi connectivity index (χ3n) is 9.80. The number of anilines is 1. The highest BCUT2D eigenvalue weighted by Gasteiger charge is 2.37. The first-order chi connectivity index (χ1) is 30.8. The molecule has 0 bridgehead atoms. The van der Waals surface area contributed by atoms with E-state index >= 15 is 0 Å². The maximum Gasteiger partial charge on any atom is 0.418 e. The monoisotopic (exact) mass is 1210 g/mol. The third-order valence-corrected chi connectivity index (χ3v) is 16.9. The lowest BCUT2D eigenvalue weighted by atomic mass is 10.2. The topological polar surface area (TPSA) is 93.2 Å². The summed E-state index contributed by atoms with van der Waals surface area (Å²) in [5, 5.41) is 4.66. The van der Waals surface area contributed by atoms with E-state index in [-0.39, 0.29) is 56.5 Å². The van der Waals surface area contributed by atoms with Gasteiger partial charge in [0, 0.05) is 84.3 Å². The molecule has 0 aromatic carbocycles. The Kier molecular flexibility index (Phi) is 20.3. The van der Waals surface area contributed by atoms with Crippen LogP contribution < -0.4 is 5.32 Å². The Morgan fingerprint density at radius 1 is 0.537 bits per heavy atom. The SMILES string of the molecule is CNc1cc(Cl)nc2c1c(C(F)(F)F)cn2COCC[Si](C)(C)C.C[Si](C)(C)CCOCn1cc(C(F)(F)F)c2c(Cl)cc(Cl)nc21.C[Si](C)(C)CCOCn1cc(I)c2c(Cl)cc(Cl)nc21. The fourth-order valence-electron chi connectivity index (χ4n) is 6.18. The predicted octanol–water partition coefficient (Wildman–Crippen LogP) is 16.0. The van der Waals surface area contributed by atoms with Gasteiger partial charge in [-0.3, -0.25) is 0 Å². The minimum Gasteiger partial charge on any atom is -0.387 e. The van der Waals surface area contributed by atoms with Gasteiger partial charge < -0.3 is 33.2 Å². The van der Waals surface area contributed by atoms with Gasteiger partial charge in [0.2, 0.25) is 0 Å². The number of halogens is 12. The van der Waals surface area contributed by atoms with Gasteiger partial charge in [0.05, 0.1) is 31.9 Å². The molecule has 372 valence electrons. The highest BCUT2D eigenvalue weighted by Crippen LogP contribution is 2.41. The Hall–Kier alpha value is -1.84. The molecule has 6 rings (SSSR count). The van der Waals surface area contributed by atoms with Gasteiger partial charge in [-0.15, -0.1) is 0 Å². The summed E-state index contributed by atoms with van der Waals surface area (Å²) >= 11 is 32.1. The summed E-state index contributed by atoms with van der Waals surface area (Å²) in [5.74, 6) is 0. The molecule has 6 heterocycles. The van der Waals surface area contributed by atoms with Crippen LogP contribution in [0.2, 0.25) is 103 Å². The number of alkyl halides is 6. The van der Waals surface area contributed by atoms with E-state index in [9.17, 15) is 26.3 Å². The van der Waals surface area contributed by atoms with Gasteiger partial charge in [0.1, 0.15) is 52.6 Å². The van der Waals surface area contributed by atoms with Gasteiger partial charge in [-0.05, 0) is 58.9 Å². The van der Waals surface area contributed by atoms with Crippen LogP contribution >= 0.6 is 80.6 Å². The molecule has 10 nitrogen and oxygen atoms in total. The molecule has 6 aromatic rings. The van der Waals surface area contributed by atoms with Crippen molar-refractivity contribution in [3.05, 3.63) is 77.0 Å². The third kappa shape index (κ3) is 17.2. The first-order valence-corrected chi connectivity index (χ1v) is 35.0. The van der Waals surface area contributed by atoms with Crippen LogP contribution in [0, 0.1) is 3.57 Å². The van der Waals surface area contributed by atoms with Gasteiger partial charge in [0.25, 0.3) is 0 Å². The summed E-state index contributed by atoms with van der Waals surface area (Å²) in [4.78, 5) is 12.4. The van der Waals surface area contributed by atoms with Crippen molar-refractivity contribution in [1.29, 1.82) is 0 Å². The number of hydrogen-bond acceptors (Lipinski definition) is 7. The van der Waals surface area contributed by atoms with Crippen LogP contribution in [0.25, 0.3) is 33.1 Å². The summed E-state index contributed by atoms with van der Waals surface area (Å²) in [7, 11) is -2.03. The second kappa shape index (κ2) is 23.6. The Morgan fingerprint density at radius 2 is 0.866 bits per heavy atom. The number of rotatable bonds is 16. The zero-order valence-corrected chi connectivity index (χ0v) is 47.7. The minimum absolute atomic E-state index is 0.00296. The molecule has 25 heteroatoms. The molecule has 0 fully saturated rings. The van der Waals surface area contributed by atoms with E-state index in [0.717, 1.165) is 51.7 Å². The molecule has 0 unspecified atom stereocenters. The van der Waals surface area contributed by atoms with Gasteiger partial charge in [-0.25, -0.2) is 15.0 Å². The second-order valence-corrected chi connectivity index (χ2v) is 39.2. The molecule has 0 radical (unpaired) electrons. The highest BCUT2D eigenvalue weighted by molar-refractivity contribution is 14.1. The van der Waals surface area contributed by atoms with Crippen molar-refractivity contribution in [1.82, 2.24) is 28.7 Å². The average molecular weight is 1210 g/mol. The molecule has 67 heavy (non-hydrogen) atoms. The summed E-state index contributed by atoms with van der Waals surface area (Å²) in [6.45, 7) is 22.5. The van der Waals surface area contributed by atoms with Crippen molar-refractivity contribution in [3.63, 3.8) is 0 Å². The van der Waals surface area contributed by atoms with Crippen LogP contribution in [0.5, 0.6) is 0 Å². The molecule has 0 atom stereocenters. The second-order valence-electron chi connectivity index (χ2n) is 19.2. The van der Waals surface area contributed by atoms with Crippen molar-refractivity contribution in [2.75, 3.05) is 32.2 Å². The van der Waals surface area contributed by atoms with Crippen molar-refractivity contribution in [2.45, 2.75) is 110 Å². The number of pyridine rings is 3. The number of fused-ring (bicyclic) bond motifs is 3. The van der Waals surface area contributed by atoms with E-state index in [4.69, 9.17) is 72.2 Å². The van der Waals surface area contributed by atoms with E-state index in [2.05, 4.69) is 102 Å². The number of nitrogens with one attached hydrogen (secondary N) is 1. The molecule has 0 spiro atoms. The van der Waals surface area contributed by atoms with Crippen LogP contribution in [0.4, 0.5) is 32.0 Å². The maximum atomic E-state index is 13.4. The van der Waals surface area contributed by atoms with Crippen LogP contribution in [-0.4, -0.2) is 79.7 Å². The molecule has 0 aliphatic rings. The Labute approximate surface area is 428 Å². The summed E-state index contributed by atoms with van der Waals surface area (Å²) in [5.41, 5.74) is -0.289. The van der Waals surface area contributed by atoms with Crippen LogP contribution in [0.3, 0.4) is 0 Å². The zero-order valence-electron chi connectivity index (χ0n) is 38.8. The van der Waals surface area contributed by atoms with E-state index in [1.165, 1.54) is 21.3 Å². The first kappa shape index (κ1) is 57.7. The van der Waals surface area contributed by atoms with Crippen molar-refractivity contribution in [2.24, 2.45) is 0 Å². The summed E-state index contributed by atoms with van der Waals surface area (Å²) < 4.78 is 102. The molecule has 0 amide bonds. The molecule has 1 N–H and O–H groups in total. The molecule has 0 aliphatic heterocycles. The number of hydrogen-bond donors (Lipinski definition) is 1. The van der Waals surface area contributed by atoms with Crippen LogP contribution in [-0.2, 0) is 46.8 Å². The molecular weight excluding hydrogens is 1150 g/mol.